The minimum absolute atomic E-state index is 0.235. The summed E-state index contributed by atoms with van der Waals surface area (Å²) < 4.78 is 27.2. The Hall–Kier alpha value is -3.65. The average Bonchev–Trinajstić information content (AvgIpc) is 2.73. The topological polar surface area (TPSA) is 81.0 Å². The van der Waals surface area contributed by atoms with Crippen molar-refractivity contribution in [3.8, 4) is 0 Å². The fourth-order valence-corrected chi connectivity index (χ4v) is 3.52. The summed E-state index contributed by atoms with van der Waals surface area (Å²) in [5, 5.41) is 14.9. The quantitative estimate of drug-likeness (QED) is 0.294. The molecular formula is C22H15ClF2N4O2. The molecule has 4 rings (SSSR count). The van der Waals surface area contributed by atoms with Crippen molar-refractivity contribution >= 4 is 39.7 Å². The van der Waals surface area contributed by atoms with Crippen LogP contribution in [0.2, 0.25) is 5.02 Å². The van der Waals surface area contributed by atoms with E-state index in [2.05, 4.69) is 15.3 Å². The lowest BCUT2D eigenvalue weighted by molar-refractivity contribution is -0.387. The van der Waals surface area contributed by atoms with Crippen molar-refractivity contribution in [1.82, 2.24) is 9.97 Å². The Morgan fingerprint density at radius 1 is 1.03 bits per heavy atom. The highest BCUT2D eigenvalue weighted by Gasteiger charge is 2.18. The second-order valence-corrected chi connectivity index (χ2v) is 7.27. The highest BCUT2D eigenvalue weighted by Crippen LogP contribution is 2.30. The lowest BCUT2D eigenvalue weighted by Gasteiger charge is -2.11. The predicted octanol–water partition coefficient (Wildman–Crippen LogP) is 6.00. The van der Waals surface area contributed by atoms with Gasteiger partial charge in [0.25, 0.3) is 0 Å². The molecule has 0 unspecified atom stereocenters. The van der Waals surface area contributed by atoms with Crippen LogP contribution in [0.25, 0.3) is 10.9 Å². The van der Waals surface area contributed by atoms with Crippen molar-refractivity contribution in [2.24, 2.45) is 0 Å². The van der Waals surface area contributed by atoms with Crippen LogP contribution in [-0.2, 0) is 12.8 Å². The normalized spacial score (nSPS) is 10.9. The van der Waals surface area contributed by atoms with Gasteiger partial charge in [-0.05, 0) is 48.2 Å². The zero-order chi connectivity index (χ0) is 22.0. The first kappa shape index (κ1) is 20.6. The highest BCUT2D eigenvalue weighted by molar-refractivity contribution is 6.31. The largest absolute Gasteiger partial charge is 0.340 e. The van der Waals surface area contributed by atoms with E-state index in [1.807, 2.05) is 12.1 Å². The van der Waals surface area contributed by atoms with E-state index in [1.165, 1.54) is 18.5 Å². The third-order valence-electron chi connectivity index (χ3n) is 4.79. The Balaban J connectivity index is 1.57. The van der Waals surface area contributed by atoms with Crippen molar-refractivity contribution < 1.29 is 13.7 Å². The van der Waals surface area contributed by atoms with Gasteiger partial charge in [-0.1, -0.05) is 29.8 Å². The molecule has 1 heterocycles. The number of aryl methyl sites for hydroxylation is 2. The molecule has 6 nitrogen and oxygen atoms in total. The maximum atomic E-state index is 13.9. The monoisotopic (exact) mass is 440 g/mol. The van der Waals surface area contributed by atoms with E-state index >= 15 is 0 Å². The minimum atomic E-state index is -0.965. The number of hydrogen-bond acceptors (Lipinski definition) is 5. The number of nitro benzene ring substituents is 1. The first-order valence-corrected chi connectivity index (χ1v) is 9.67. The number of anilines is 2. The van der Waals surface area contributed by atoms with Crippen molar-refractivity contribution in [3.63, 3.8) is 0 Å². The second kappa shape index (κ2) is 8.61. The van der Waals surface area contributed by atoms with E-state index in [1.54, 1.807) is 18.2 Å². The van der Waals surface area contributed by atoms with Gasteiger partial charge in [0, 0.05) is 22.8 Å². The Bertz CT molecular complexity index is 1300. The van der Waals surface area contributed by atoms with Crippen LogP contribution in [0.5, 0.6) is 0 Å². The van der Waals surface area contributed by atoms with Gasteiger partial charge in [-0.25, -0.2) is 14.4 Å². The fraction of sp³-hybridized carbons (Fsp3) is 0.0909. The molecular weight excluding hydrogens is 426 g/mol. The highest BCUT2D eigenvalue weighted by atomic mass is 35.5. The maximum absolute atomic E-state index is 13.9. The van der Waals surface area contributed by atoms with Crippen LogP contribution in [0.4, 0.5) is 26.0 Å². The van der Waals surface area contributed by atoms with Gasteiger partial charge in [0.1, 0.15) is 18.0 Å². The van der Waals surface area contributed by atoms with Crippen molar-refractivity contribution in [2.45, 2.75) is 12.8 Å². The summed E-state index contributed by atoms with van der Waals surface area (Å²) in [5.74, 6) is -0.954. The van der Waals surface area contributed by atoms with Crippen LogP contribution in [0, 0.1) is 21.7 Å². The van der Waals surface area contributed by atoms with Crippen LogP contribution in [-0.4, -0.2) is 14.9 Å². The summed E-state index contributed by atoms with van der Waals surface area (Å²) in [5.41, 5.74) is 1.95. The van der Waals surface area contributed by atoms with Gasteiger partial charge >= 0.3 is 5.69 Å². The van der Waals surface area contributed by atoms with E-state index in [4.69, 9.17) is 11.6 Å². The number of nitrogens with one attached hydrogen (secondary N) is 1. The molecule has 156 valence electrons. The zero-order valence-electron chi connectivity index (χ0n) is 16.0. The molecule has 0 aliphatic rings. The van der Waals surface area contributed by atoms with Crippen LogP contribution in [0.3, 0.4) is 0 Å². The number of rotatable bonds is 6. The van der Waals surface area contributed by atoms with Gasteiger partial charge < -0.3 is 5.32 Å². The number of hydrogen-bond donors (Lipinski definition) is 1. The Kier molecular flexibility index (Phi) is 5.73. The second-order valence-electron chi connectivity index (χ2n) is 6.86. The fourth-order valence-electron chi connectivity index (χ4n) is 3.24. The third kappa shape index (κ3) is 4.59. The molecule has 1 aromatic heterocycles. The molecule has 31 heavy (non-hydrogen) atoms. The molecule has 0 fully saturated rings. The number of nitro groups is 1. The van der Waals surface area contributed by atoms with Gasteiger partial charge in [-0.3, -0.25) is 10.1 Å². The third-order valence-corrected chi connectivity index (χ3v) is 5.14. The van der Waals surface area contributed by atoms with Crippen LogP contribution < -0.4 is 5.32 Å². The molecule has 4 aromatic rings. The summed E-state index contributed by atoms with van der Waals surface area (Å²) in [7, 11) is 0. The Morgan fingerprint density at radius 3 is 2.61 bits per heavy atom. The van der Waals surface area contributed by atoms with Crippen LogP contribution in [0.1, 0.15) is 11.1 Å². The van der Waals surface area contributed by atoms with Crippen LogP contribution in [0.15, 0.2) is 60.9 Å². The standard InChI is InChI=1S/C22H15ClF2N4O2/c23-18-9-16(7-6-14(18)5-4-13-2-1-3-15(24)8-13)28-22-17-10-21(29(30)31)19(25)11-20(17)26-12-27-22/h1-3,6-12H,4-5H2,(H,26,27,28). The number of nitrogens with zero attached hydrogens (tertiary/aromatic N) is 3. The van der Waals surface area contributed by atoms with Gasteiger partial charge in [-0.15, -0.1) is 0 Å². The van der Waals surface area contributed by atoms with Crippen LogP contribution >= 0.6 is 11.6 Å². The van der Waals surface area contributed by atoms with Gasteiger partial charge in [0.05, 0.1) is 15.8 Å². The molecule has 0 aliphatic carbocycles. The van der Waals surface area contributed by atoms with E-state index in [0.717, 1.165) is 23.3 Å². The SMILES string of the molecule is O=[N+]([O-])c1cc2c(Nc3ccc(CCc4cccc(F)c4)c(Cl)c3)ncnc2cc1F. The molecule has 0 radical (unpaired) electrons. The molecule has 0 bridgehead atoms. The summed E-state index contributed by atoms with van der Waals surface area (Å²) in [6.07, 6.45) is 2.51. The van der Waals surface area contributed by atoms with Gasteiger partial charge in [-0.2, -0.15) is 4.39 Å². The number of benzene rings is 3. The minimum Gasteiger partial charge on any atom is -0.340 e. The van der Waals surface area contributed by atoms with E-state index in [0.29, 0.717) is 28.9 Å². The summed E-state index contributed by atoms with van der Waals surface area (Å²) in [4.78, 5) is 18.4. The molecule has 0 spiro atoms. The van der Waals surface area contributed by atoms with Gasteiger partial charge in [0.15, 0.2) is 0 Å². The smallest absolute Gasteiger partial charge is 0.305 e. The molecule has 3 aromatic carbocycles. The van der Waals surface area contributed by atoms with Crippen molar-refractivity contribution in [1.29, 1.82) is 0 Å². The summed E-state index contributed by atoms with van der Waals surface area (Å²) in [6.45, 7) is 0. The molecule has 9 heteroatoms. The molecule has 0 saturated carbocycles. The van der Waals surface area contributed by atoms with Crippen molar-refractivity contribution in [3.05, 3.63) is 98.8 Å². The summed E-state index contributed by atoms with van der Waals surface area (Å²) >= 11 is 6.41. The Morgan fingerprint density at radius 2 is 1.87 bits per heavy atom. The zero-order valence-corrected chi connectivity index (χ0v) is 16.7. The van der Waals surface area contributed by atoms with Gasteiger partial charge in [0.2, 0.25) is 5.82 Å². The Labute approximate surface area is 180 Å². The average molecular weight is 441 g/mol. The summed E-state index contributed by atoms with van der Waals surface area (Å²) in [6, 6.07) is 13.9. The number of aromatic nitrogens is 2. The lowest BCUT2D eigenvalue weighted by atomic mass is 10.0. The molecule has 0 aliphatic heterocycles. The first-order valence-electron chi connectivity index (χ1n) is 9.29. The molecule has 0 amide bonds. The predicted molar refractivity (Wildman–Crippen MR) is 115 cm³/mol. The van der Waals surface area contributed by atoms with E-state index in [9.17, 15) is 18.9 Å². The lowest BCUT2D eigenvalue weighted by Crippen LogP contribution is -1.99. The maximum Gasteiger partial charge on any atom is 0.305 e. The van der Waals surface area contributed by atoms with E-state index < -0.39 is 16.4 Å². The molecule has 1 N–H and O–H groups in total. The number of halogens is 3. The molecule has 0 atom stereocenters. The molecule has 0 saturated heterocycles. The van der Waals surface area contributed by atoms with Crippen molar-refractivity contribution in [2.75, 3.05) is 5.32 Å². The first-order chi connectivity index (χ1) is 14.9. The number of fused-ring (bicyclic) bond motifs is 1. The van der Waals surface area contributed by atoms with E-state index in [-0.39, 0.29) is 17.2 Å².